The lowest BCUT2D eigenvalue weighted by Gasteiger charge is -2.37. The molecule has 4 rings (SSSR count). The molecule has 3 aliphatic rings. The van der Waals surface area contributed by atoms with Gasteiger partial charge in [-0.15, -0.1) is 10.2 Å². The summed E-state index contributed by atoms with van der Waals surface area (Å²) in [5, 5.41) is 22.2. The Morgan fingerprint density at radius 3 is 2.34 bits per heavy atom. The first kappa shape index (κ1) is 20.6. The standard InChI is InChI=1S/C23H37N5O/c1-18(24-20-5-3-2-4-6-20)22-7-8-23(26-25-22)28-15-9-19(10-16-28)17-27-13-11-21(29)12-14-27/h7-8,19-21,24,29H,1-6,9-17H2. The van der Waals surface area contributed by atoms with Gasteiger partial charge in [0.1, 0.15) is 5.69 Å². The summed E-state index contributed by atoms with van der Waals surface area (Å²) < 4.78 is 0. The van der Waals surface area contributed by atoms with Crippen LogP contribution in [0, 0.1) is 5.92 Å². The van der Waals surface area contributed by atoms with Gasteiger partial charge in [0.2, 0.25) is 0 Å². The second-order valence-electron chi connectivity index (χ2n) is 9.20. The molecule has 3 fully saturated rings. The number of rotatable bonds is 6. The van der Waals surface area contributed by atoms with Crippen molar-refractivity contribution in [1.82, 2.24) is 20.4 Å². The van der Waals surface area contributed by atoms with Gasteiger partial charge in [-0.2, -0.15) is 0 Å². The van der Waals surface area contributed by atoms with E-state index >= 15 is 0 Å². The Morgan fingerprint density at radius 2 is 1.69 bits per heavy atom. The molecule has 6 nitrogen and oxygen atoms in total. The average Bonchev–Trinajstić information content (AvgIpc) is 2.77. The molecule has 0 aromatic carbocycles. The second kappa shape index (κ2) is 9.90. The second-order valence-corrected chi connectivity index (χ2v) is 9.20. The fourth-order valence-corrected chi connectivity index (χ4v) is 5.03. The van der Waals surface area contributed by atoms with Crippen molar-refractivity contribution in [2.45, 2.75) is 69.9 Å². The summed E-state index contributed by atoms with van der Waals surface area (Å²) >= 11 is 0. The van der Waals surface area contributed by atoms with Crippen LogP contribution in [0.15, 0.2) is 18.7 Å². The number of nitrogens with one attached hydrogen (secondary N) is 1. The molecule has 1 aromatic heterocycles. The lowest BCUT2D eigenvalue weighted by molar-refractivity contribution is 0.0724. The SMILES string of the molecule is C=C(NC1CCCCC1)c1ccc(N2CCC(CN3CCC(O)CC3)CC2)nn1. The number of piperidine rings is 2. The number of aromatic nitrogens is 2. The minimum absolute atomic E-state index is 0.0800. The Bertz CT molecular complexity index is 642. The fourth-order valence-electron chi connectivity index (χ4n) is 5.03. The van der Waals surface area contributed by atoms with Gasteiger partial charge in [-0.1, -0.05) is 25.8 Å². The molecule has 29 heavy (non-hydrogen) atoms. The quantitative estimate of drug-likeness (QED) is 0.767. The molecule has 6 heteroatoms. The van der Waals surface area contributed by atoms with Crippen LogP contribution in [0.3, 0.4) is 0 Å². The molecule has 1 saturated carbocycles. The highest BCUT2D eigenvalue weighted by molar-refractivity contribution is 5.59. The van der Waals surface area contributed by atoms with Crippen molar-refractivity contribution in [2.24, 2.45) is 5.92 Å². The van der Waals surface area contributed by atoms with E-state index in [1.807, 2.05) is 0 Å². The highest BCUT2D eigenvalue weighted by Crippen LogP contribution is 2.24. The first-order valence-electron chi connectivity index (χ1n) is 11.6. The third kappa shape index (κ3) is 5.70. The molecule has 0 spiro atoms. The van der Waals surface area contributed by atoms with Crippen LogP contribution in [0.4, 0.5) is 5.82 Å². The molecule has 0 atom stereocenters. The predicted octanol–water partition coefficient (Wildman–Crippen LogP) is 3.04. The van der Waals surface area contributed by atoms with Crippen LogP contribution in [0.2, 0.25) is 0 Å². The molecular weight excluding hydrogens is 362 g/mol. The van der Waals surface area contributed by atoms with E-state index in [0.717, 1.165) is 62.1 Å². The summed E-state index contributed by atoms with van der Waals surface area (Å²) in [6.07, 6.45) is 10.6. The molecular formula is C23H37N5O. The first-order valence-corrected chi connectivity index (χ1v) is 11.6. The van der Waals surface area contributed by atoms with Gasteiger partial charge in [-0.3, -0.25) is 0 Å². The van der Waals surface area contributed by atoms with Gasteiger partial charge in [0, 0.05) is 38.8 Å². The molecule has 2 aliphatic heterocycles. The van der Waals surface area contributed by atoms with Gasteiger partial charge in [-0.05, 0) is 56.6 Å². The van der Waals surface area contributed by atoms with Crippen LogP contribution in [0.1, 0.15) is 63.5 Å². The van der Waals surface area contributed by atoms with Crippen LogP contribution < -0.4 is 10.2 Å². The maximum atomic E-state index is 9.67. The van der Waals surface area contributed by atoms with E-state index in [2.05, 4.69) is 44.0 Å². The Hall–Kier alpha value is -1.66. The van der Waals surface area contributed by atoms with Gasteiger partial charge < -0.3 is 20.2 Å². The zero-order valence-corrected chi connectivity index (χ0v) is 17.7. The smallest absolute Gasteiger partial charge is 0.151 e. The average molecular weight is 400 g/mol. The Kier molecular flexibility index (Phi) is 7.03. The van der Waals surface area contributed by atoms with Crippen molar-refractivity contribution in [3.05, 3.63) is 24.4 Å². The minimum atomic E-state index is -0.0800. The molecule has 1 aromatic rings. The molecule has 0 bridgehead atoms. The van der Waals surface area contributed by atoms with E-state index in [9.17, 15) is 5.11 Å². The summed E-state index contributed by atoms with van der Waals surface area (Å²) in [7, 11) is 0. The van der Waals surface area contributed by atoms with Crippen molar-refractivity contribution in [3.8, 4) is 0 Å². The molecule has 160 valence electrons. The van der Waals surface area contributed by atoms with Crippen LogP contribution in [0.5, 0.6) is 0 Å². The normalized spacial score (nSPS) is 23.3. The van der Waals surface area contributed by atoms with E-state index in [1.54, 1.807) is 0 Å². The lowest BCUT2D eigenvalue weighted by atomic mass is 9.95. The third-order valence-electron chi connectivity index (χ3n) is 6.96. The van der Waals surface area contributed by atoms with Crippen molar-refractivity contribution < 1.29 is 5.11 Å². The van der Waals surface area contributed by atoms with Crippen LogP contribution in [-0.2, 0) is 0 Å². The fraction of sp³-hybridized carbons (Fsp3) is 0.739. The third-order valence-corrected chi connectivity index (χ3v) is 6.96. The Labute approximate surface area is 175 Å². The van der Waals surface area contributed by atoms with Gasteiger partial charge in [-0.25, -0.2) is 0 Å². The number of aliphatic hydroxyl groups is 1. The first-order chi connectivity index (χ1) is 14.2. The Balaban J connectivity index is 1.23. The molecule has 0 radical (unpaired) electrons. The molecule has 1 aliphatic carbocycles. The van der Waals surface area contributed by atoms with Gasteiger partial charge >= 0.3 is 0 Å². The van der Waals surface area contributed by atoms with E-state index in [-0.39, 0.29) is 6.10 Å². The van der Waals surface area contributed by atoms with Gasteiger partial charge in [0.25, 0.3) is 0 Å². The lowest BCUT2D eigenvalue weighted by Crippen LogP contribution is -2.42. The highest BCUT2D eigenvalue weighted by atomic mass is 16.3. The van der Waals surface area contributed by atoms with E-state index in [4.69, 9.17) is 0 Å². The number of aliphatic hydroxyl groups excluding tert-OH is 1. The highest BCUT2D eigenvalue weighted by Gasteiger charge is 2.25. The maximum Gasteiger partial charge on any atom is 0.151 e. The summed E-state index contributed by atoms with van der Waals surface area (Å²) in [5.41, 5.74) is 1.77. The molecule has 3 heterocycles. The number of anilines is 1. The summed E-state index contributed by atoms with van der Waals surface area (Å²) in [6, 6.07) is 4.70. The molecule has 2 saturated heterocycles. The number of nitrogens with zero attached hydrogens (tertiary/aromatic N) is 4. The summed E-state index contributed by atoms with van der Waals surface area (Å²) in [4.78, 5) is 4.90. The van der Waals surface area contributed by atoms with E-state index in [0.29, 0.717) is 6.04 Å². The van der Waals surface area contributed by atoms with Crippen LogP contribution in [0.25, 0.3) is 5.70 Å². The van der Waals surface area contributed by atoms with Crippen molar-refractivity contribution in [1.29, 1.82) is 0 Å². The number of hydrogen-bond acceptors (Lipinski definition) is 6. The van der Waals surface area contributed by atoms with Crippen molar-refractivity contribution in [2.75, 3.05) is 37.6 Å². The van der Waals surface area contributed by atoms with E-state index in [1.165, 1.54) is 51.5 Å². The topological polar surface area (TPSA) is 64.5 Å². The van der Waals surface area contributed by atoms with E-state index < -0.39 is 0 Å². The zero-order valence-electron chi connectivity index (χ0n) is 17.7. The monoisotopic (exact) mass is 399 g/mol. The zero-order chi connectivity index (χ0) is 20.1. The Morgan fingerprint density at radius 1 is 0.966 bits per heavy atom. The number of hydrogen-bond donors (Lipinski definition) is 2. The van der Waals surface area contributed by atoms with Crippen molar-refractivity contribution in [3.63, 3.8) is 0 Å². The largest absolute Gasteiger partial charge is 0.393 e. The molecule has 2 N–H and O–H groups in total. The van der Waals surface area contributed by atoms with Crippen molar-refractivity contribution >= 4 is 11.5 Å². The molecule has 0 unspecified atom stereocenters. The van der Waals surface area contributed by atoms with Gasteiger partial charge in [0.15, 0.2) is 5.82 Å². The predicted molar refractivity (Wildman–Crippen MR) is 118 cm³/mol. The summed E-state index contributed by atoms with van der Waals surface area (Å²) in [6.45, 7) is 9.56. The number of likely N-dealkylation sites (tertiary alicyclic amines) is 1. The van der Waals surface area contributed by atoms with Crippen LogP contribution in [-0.4, -0.2) is 65.1 Å². The summed E-state index contributed by atoms with van der Waals surface area (Å²) in [5.74, 6) is 1.74. The maximum absolute atomic E-state index is 9.67. The van der Waals surface area contributed by atoms with Gasteiger partial charge in [0.05, 0.1) is 11.8 Å². The minimum Gasteiger partial charge on any atom is -0.393 e. The molecule has 0 amide bonds. The van der Waals surface area contributed by atoms with Crippen LogP contribution >= 0.6 is 0 Å².